The van der Waals surface area contributed by atoms with E-state index in [2.05, 4.69) is 15.5 Å². The van der Waals surface area contributed by atoms with Crippen LogP contribution in [0.15, 0.2) is 29.2 Å². The van der Waals surface area contributed by atoms with Crippen molar-refractivity contribution in [1.82, 2.24) is 20.4 Å². The van der Waals surface area contributed by atoms with Gasteiger partial charge in [-0.1, -0.05) is 5.16 Å². The molecule has 2 N–H and O–H groups in total. The van der Waals surface area contributed by atoms with Crippen LogP contribution in [0.25, 0.3) is 11.3 Å². The first kappa shape index (κ1) is 11.0. The Labute approximate surface area is 104 Å². The summed E-state index contributed by atoms with van der Waals surface area (Å²) in [4.78, 5) is 17.1. The molecule has 1 aliphatic heterocycles. The van der Waals surface area contributed by atoms with Gasteiger partial charge in [-0.3, -0.25) is 4.79 Å². The number of carbonyl (C=O) groups is 1. The Morgan fingerprint density at radius 1 is 1.39 bits per heavy atom. The van der Waals surface area contributed by atoms with Crippen LogP contribution in [0.1, 0.15) is 10.4 Å². The lowest BCUT2D eigenvalue weighted by molar-refractivity contribution is 0.0736. The molecule has 0 aliphatic carbocycles. The van der Waals surface area contributed by atoms with Gasteiger partial charge in [-0.05, 0) is 6.07 Å². The standard InChI is InChI=1S/C12H14N4O2/c17-12(16-5-3-13-4-6-16)10-8-15-18-11(10)9-1-2-14-7-9/h1-2,7-8,13-14H,3-6H2. The van der Waals surface area contributed by atoms with E-state index in [0.717, 1.165) is 31.7 Å². The molecule has 2 aromatic rings. The van der Waals surface area contributed by atoms with Crippen molar-refractivity contribution in [3.63, 3.8) is 0 Å². The number of aromatic amines is 1. The number of piperazine rings is 1. The quantitative estimate of drug-likeness (QED) is 0.818. The molecule has 0 aromatic carbocycles. The summed E-state index contributed by atoms with van der Waals surface area (Å²) < 4.78 is 5.19. The van der Waals surface area contributed by atoms with Crippen LogP contribution < -0.4 is 5.32 Å². The molecule has 1 amide bonds. The van der Waals surface area contributed by atoms with Gasteiger partial charge in [-0.25, -0.2) is 0 Å². The largest absolute Gasteiger partial charge is 0.367 e. The topological polar surface area (TPSA) is 74.2 Å². The summed E-state index contributed by atoms with van der Waals surface area (Å²) in [5.74, 6) is 0.508. The predicted molar refractivity (Wildman–Crippen MR) is 65.1 cm³/mol. The molecule has 3 heterocycles. The number of rotatable bonds is 2. The van der Waals surface area contributed by atoms with Gasteiger partial charge in [0.1, 0.15) is 5.56 Å². The molecule has 0 spiro atoms. The van der Waals surface area contributed by atoms with E-state index in [1.165, 1.54) is 6.20 Å². The predicted octanol–water partition coefficient (Wildman–Crippen LogP) is 0.715. The first-order valence-corrected chi connectivity index (χ1v) is 5.94. The van der Waals surface area contributed by atoms with Crippen LogP contribution in [-0.4, -0.2) is 47.1 Å². The fourth-order valence-corrected chi connectivity index (χ4v) is 2.10. The molecule has 0 radical (unpaired) electrons. The molecule has 0 atom stereocenters. The summed E-state index contributed by atoms with van der Waals surface area (Å²) in [6.07, 6.45) is 5.07. The zero-order valence-electron chi connectivity index (χ0n) is 9.85. The minimum atomic E-state index is -0.0195. The maximum absolute atomic E-state index is 12.4. The third-order valence-corrected chi connectivity index (χ3v) is 3.07. The summed E-state index contributed by atoms with van der Waals surface area (Å²) >= 11 is 0. The van der Waals surface area contributed by atoms with Crippen molar-refractivity contribution in [2.24, 2.45) is 0 Å². The van der Waals surface area contributed by atoms with E-state index in [-0.39, 0.29) is 5.91 Å². The van der Waals surface area contributed by atoms with Crippen LogP contribution in [0.3, 0.4) is 0 Å². The molecule has 6 nitrogen and oxygen atoms in total. The van der Waals surface area contributed by atoms with Crippen LogP contribution in [0.5, 0.6) is 0 Å². The van der Waals surface area contributed by atoms with Crippen LogP contribution in [0.4, 0.5) is 0 Å². The smallest absolute Gasteiger partial charge is 0.259 e. The van der Waals surface area contributed by atoms with Crippen LogP contribution in [0.2, 0.25) is 0 Å². The van der Waals surface area contributed by atoms with Gasteiger partial charge in [-0.2, -0.15) is 0 Å². The van der Waals surface area contributed by atoms with Crippen LogP contribution >= 0.6 is 0 Å². The molecule has 1 aliphatic rings. The molecule has 0 saturated carbocycles. The monoisotopic (exact) mass is 246 g/mol. The molecular weight excluding hydrogens is 232 g/mol. The number of nitrogens with zero attached hydrogens (tertiary/aromatic N) is 2. The van der Waals surface area contributed by atoms with Gasteiger partial charge < -0.3 is 19.7 Å². The average molecular weight is 246 g/mol. The number of aromatic nitrogens is 2. The van der Waals surface area contributed by atoms with Gasteiger partial charge in [0.15, 0.2) is 5.76 Å². The minimum Gasteiger partial charge on any atom is -0.367 e. The molecule has 3 rings (SSSR count). The Morgan fingerprint density at radius 3 is 2.94 bits per heavy atom. The van der Waals surface area contributed by atoms with Crippen molar-refractivity contribution in [3.8, 4) is 11.3 Å². The van der Waals surface area contributed by atoms with Crippen molar-refractivity contribution in [3.05, 3.63) is 30.2 Å². The Balaban J connectivity index is 1.88. The first-order valence-electron chi connectivity index (χ1n) is 5.94. The number of amides is 1. The van der Waals surface area contributed by atoms with Crippen molar-refractivity contribution < 1.29 is 9.32 Å². The zero-order chi connectivity index (χ0) is 12.4. The van der Waals surface area contributed by atoms with E-state index in [0.29, 0.717) is 11.3 Å². The van der Waals surface area contributed by atoms with Gasteiger partial charge in [0.05, 0.1) is 6.20 Å². The highest BCUT2D eigenvalue weighted by atomic mass is 16.5. The minimum absolute atomic E-state index is 0.0195. The van der Waals surface area contributed by atoms with Gasteiger partial charge in [0.25, 0.3) is 5.91 Å². The van der Waals surface area contributed by atoms with Crippen LogP contribution in [0, 0.1) is 0 Å². The van der Waals surface area contributed by atoms with E-state index < -0.39 is 0 Å². The highest BCUT2D eigenvalue weighted by Gasteiger charge is 2.24. The maximum atomic E-state index is 12.4. The summed E-state index contributed by atoms with van der Waals surface area (Å²) in [5, 5.41) is 6.96. The number of nitrogens with one attached hydrogen (secondary N) is 2. The molecule has 0 bridgehead atoms. The molecule has 94 valence electrons. The van der Waals surface area contributed by atoms with E-state index in [1.54, 1.807) is 12.4 Å². The van der Waals surface area contributed by atoms with E-state index in [9.17, 15) is 4.79 Å². The SMILES string of the molecule is O=C(c1cnoc1-c1cc[nH]c1)N1CCNCC1. The second-order valence-corrected chi connectivity index (χ2v) is 4.21. The Kier molecular flexibility index (Phi) is 2.85. The molecule has 18 heavy (non-hydrogen) atoms. The average Bonchev–Trinajstić information content (AvgIpc) is 3.09. The molecule has 6 heteroatoms. The highest BCUT2D eigenvalue weighted by Crippen LogP contribution is 2.24. The van der Waals surface area contributed by atoms with Gasteiger partial charge >= 0.3 is 0 Å². The lowest BCUT2D eigenvalue weighted by Crippen LogP contribution is -2.46. The third-order valence-electron chi connectivity index (χ3n) is 3.07. The molecule has 0 unspecified atom stereocenters. The highest BCUT2D eigenvalue weighted by molar-refractivity contribution is 5.99. The summed E-state index contributed by atoms with van der Waals surface area (Å²) in [5.41, 5.74) is 1.36. The first-order chi connectivity index (χ1) is 8.86. The van der Waals surface area contributed by atoms with E-state index >= 15 is 0 Å². The van der Waals surface area contributed by atoms with Crippen molar-refractivity contribution in [2.75, 3.05) is 26.2 Å². The molecule has 2 aromatic heterocycles. The number of hydrogen-bond donors (Lipinski definition) is 2. The molecule has 1 fully saturated rings. The number of hydrogen-bond acceptors (Lipinski definition) is 4. The van der Waals surface area contributed by atoms with Crippen molar-refractivity contribution in [2.45, 2.75) is 0 Å². The van der Waals surface area contributed by atoms with Crippen LogP contribution in [-0.2, 0) is 0 Å². The van der Waals surface area contributed by atoms with Crippen molar-refractivity contribution >= 4 is 5.91 Å². The Morgan fingerprint density at radius 2 is 2.22 bits per heavy atom. The number of H-pyrrole nitrogens is 1. The second kappa shape index (κ2) is 4.66. The summed E-state index contributed by atoms with van der Waals surface area (Å²) in [7, 11) is 0. The van der Waals surface area contributed by atoms with Gasteiger partial charge in [-0.15, -0.1) is 0 Å². The fraction of sp³-hybridized carbons (Fsp3) is 0.333. The summed E-state index contributed by atoms with van der Waals surface area (Å²) in [6.45, 7) is 3.10. The normalized spacial score (nSPS) is 15.9. The summed E-state index contributed by atoms with van der Waals surface area (Å²) in [6, 6.07) is 1.86. The second-order valence-electron chi connectivity index (χ2n) is 4.21. The fourth-order valence-electron chi connectivity index (χ4n) is 2.10. The zero-order valence-corrected chi connectivity index (χ0v) is 9.85. The maximum Gasteiger partial charge on any atom is 0.259 e. The van der Waals surface area contributed by atoms with Gasteiger partial charge in [0, 0.05) is 44.1 Å². The number of carbonyl (C=O) groups excluding carboxylic acids is 1. The van der Waals surface area contributed by atoms with E-state index in [1.807, 2.05) is 11.0 Å². The van der Waals surface area contributed by atoms with Crippen molar-refractivity contribution in [1.29, 1.82) is 0 Å². The molecule has 1 saturated heterocycles. The molecular formula is C12H14N4O2. The lowest BCUT2D eigenvalue weighted by atomic mass is 10.1. The lowest BCUT2D eigenvalue weighted by Gasteiger charge is -2.27. The van der Waals surface area contributed by atoms with Gasteiger partial charge in [0.2, 0.25) is 0 Å². The third kappa shape index (κ3) is 1.91. The Bertz CT molecular complexity index is 526. The van der Waals surface area contributed by atoms with E-state index in [4.69, 9.17) is 4.52 Å². The Hall–Kier alpha value is -2.08.